The van der Waals surface area contributed by atoms with Crippen molar-refractivity contribution in [2.24, 2.45) is 0 Å². The zero-order chi connectivity index (χ0) is 20.5. The number of aromatic nitrogens is 1. The number of benzene rings is 2. The van der Waals surface area contributed by atoms with E-state index in [4.69, 9.17) is 14.0 Å². The summed E-state index contributed by atoms with van der Waals surface area (Å²) in [6, 6.07) is 13.5. The van der Waals surface area contributed by atoms with E-state index in [0.29, 0.717) is 24.4 Å². The Labute approximate surface area is 172 Å². The molecule has 154 valence electrons. The van der Waals surface area contributed by atoms with E-state index in [0.717, 1.165) is 36.7 Å². The van der Waals surface area contributed by atoms with Crippen molar-refractivity contribution in [3.8, 4) is 22.8 Å². The highest BCUT2D eigenvalue weighted by molar-refractivity contribution is 5.93. The summed E-state index contributed by atoms with van der Waals surface area (Å²) in [6.45, 7) is 3.82. The van der Waals surface area contributed by atoms with Crippen LogP contribution < -0.4 is 9.47 Å². The zero-order valence-electron chi connectivity index (χ0n) is 16.2. The molecule has 3 heterocycles. The van der Waals surface area contributed by atoms with Gasteiger partial charge in [0.1, 0.15) is 5.82 Å². The SMILES string of the molecule is O=C(c1cc(-c2ccc(F)cc2)on1)N1CCN(Cc2ccc3c(c2)OCO3)CC1. The van der Waals surface area contributed by atoms with Gasteiger partial charge in [0.25, 0.3) is 5.91 Å². The fraction of sp³-hybridized carbons (Fsp3) is 0.273. The maximum Gasteiger partial charge on any atom is 0.276 e. The third-order valence-electron chi connectivity index (χ3n) is 5.36. The second kappa shape index (κ2) is 7.79. The molecule has 0 atom stereocenters. The summed E-state index contributed by atoms with van der Waals surface area (Å²) < 4.78 is 29.2. The summed E-state index contributed by atoms with van der Waals surface area (Å²) >= 11 is 0. The van der Waals surface area contributed by atoms with Crippen molar-refractivity contribution in [3.63, 3.8) is 0 Å². The third-order valence-corrected chi connectivity index (χ3v) is 5.36. The van der Waals surface area contributed by atoms with E-state index >= 15 is 0 Å². The number of hydrogen-bond donors (Lipinski definition) is 0. The molecule has 0 radical (unpaired) electrons. The summed E-state index contributed by atoms with van der Waals surface area (Å²) in [7, 11) is 0. The Morgan fingerprint density at radius 1 is 0.967 bits per heavy atom. The van der Waals surface area contributed by atoms with Crippen LogP contribution in [0, 0.1) is 5.82 Å². The fourth-order valence-corrected chi connectivity index (χ4v) is 3.69. The van der Waals surface area contributed by atoms with Crippen LogP contribution in [0.15, 0.2) is 53.1 Å². The van der Waals surface area contributed by atoms with Crippen molar-refractivity contribution < 1.29 is 23.2 Å². The summed E-state index contributed by atoms with van der Waals surface area (Å²) in [5.74, 6) is 1.52. The van der Waals surface area contributed by atoms with Crippen LogP contribution in [-0.4, -0.2) is 53.8 Å². The van der Waals surface area contributed by atoms with E-state index in [1.807, 2.05) is 18.2 Å². The summed E-state index contributed by atoms with van der Waals surface area (Å²) in [6.07, 6.45) is 0. The highest BCUT2D eigenvalue weighted by Gasteiger charge is 2.25. The van der Waals surface area contributed by atoms with Crippen molar-refractivity contribution in [2.75, 3.05) is 33.0 Å². The molecule has 1 saturated heterocycles. The Morgan fingerprint density at radius 2 is 1.73 bits per heavy atom. The molecular formula is C22H20FN3O4. The topological polar surface area (TPSA) is 68.0 Å². The molecule has 0 aliphatic carbocycles. The normalized spacial score (nSPS) is 16.1. The molecule has 1 aromatic heterocycles. The molecule has 2 aliphatic rings. The molecule has 7 nitrogen and oxygen atoms in total. The molecule has 0 unspecified atom stereocenters. The van der Waals surface area contributed by atoms with Gasteiger partial charge in [-0.25, -0.2) is 4.39 Å². The molecule has 30 heavy (non-hydrogen) atoms. The van der Waals surface area contributed by atoms with Crippen molar-refractivity contribution >= 4 is 5.91 Å². The van der Waals surface area contributed by atoms with Crippen LogP contribution in [0.25, 0.3) is 11.3 Å². The molecule has 0 saturated carbocycles. The lowest BCUT2D eigenvalue weighted by atomic mass is 10.1. The molecule has 2 aromatic carbocycles. The second-order valence-corrected chi connectivity index (χ2v) is 7.34. The molecule has 0 spiro atoms. The van der Waals surface area contributed by atoms with Gasteiger partial charge in [-0.1, -0.05) is 11.2 Å². The molecule has 1 fully saturated rings. The monoisotopic (exact) mass is 409 g/mol. The fourth-order valence-electron chi connectivity index (χ4n) is 3.69. The number of ether oxygens (including phenoxy) is 2. The molecule has 3 aromatic rings. The lowest BCUT2D eigenvalue weighted by Gasteiger charge is -2.34. The Hall–Kier alpha value is -3.39. The van der Waals surface area contributed by atoms with E-state index < -0.39 is 0 Å². The number of rotatable bonds is 4. The van der Waals surface area contributed by atoms with Crippen molar-refractivity contribution in [3.05, 3.63) is 65.6 Å². The first-order valence-electron chi connectivity index (χ1n) is 9.78. The predicted octanol–water partition coefficient (Wildman–Crippen LogP) is 3.17. The largest absolute Gasteiger partial charge is 0.454 e. The second-order valence-electron chi connectivity index (χ2n) is 7.34. The number of carbonyl (C=O) groups excluding carboxylic acids is 1. The third kappa shape index (κ3) is 3.73. The number of halogens is 1. The summed E-state index contributed by atoms with van der Waals surface area (Å²) in [4.78, 5) is 16.9. The van der Waals surface area contributed by atoms with Gasteiger partial charge in [0.05, 0.1) is 0 Å². The van der Waals surface area contributed by atoms with Crippen LogP contribution in [-0.2, 0) is 6.54 Å². The van der Waals surface area contributed by atoms with Gasteiger partial charge >= 0.3 is 0 Å². The van der Waals surface area contributed by atoms with Gasteiger partial charge < -0.3 is 18.9 Å². The van der Waals surface area contributed by atoms with Crippen LogP contribution in [0.1, 0.15) is 16.1 Å². The first kappa shape index (κ1) is 18.6. The van der Waals surface area contributed by atoms with E-state index in [2.05, 4.69) is 10.1 Å². The Balaban J connectivity index is 1.18. The molecule has 2 aliphatic heterocycles. The van der Waals surface area contributed by atoms with Crippen molar-refractivity contribution in [1.82, 2.24) is 15.0 Å². The highest BCUT2D eigenvalue weighted by atomic mass is 19.1. The first-order chi connectivity index (χ1) is 14.7. The van der Waals surface area contributed by atoms with Crippen LogP contribution in [0.3, 0.4) is 0 Å². The van der Waals surface area contributed by atoms with E-state index in [1.165, 1.54) is 12.1 Å². The van der Waals surface area contributed by atoms with Gasteiger partial charge in [-0.2, -0.15) is 0 Å². The van der Waals surface area contributed by atoms with E-state index in [1.54, 1.807) is 23.1 Å². The van der Waals surface area contributed by atoms with Gasteiger partial charge in [0.2, 0.25) is 6.79 Å². The maximum absolute atomic E-state index is 13.1. The minimum atomic E-state index is -0.326. The number of hydrogen-bond acceptors (Lipinski definition) is 6. The lowest BCUT2D eigenvalue weighted by molar-refractivity contribution is 0.0618. The van der Waals surface area contributed by atoms with Crippen LogP contribution in [0.5, 0.6) is 11.5 Å². The summed E-state index contributed by atoms with van der Waals surface area (Å²) in [5, 5.41) is 3.91. The molecule has 8 heteroatoms. The van der Waals surface area contributed by atoms with Crippen molar-refractivity contribution in [1.29, 1.82) is 0 Å². The molecule has 5 rings (SSSR count). The standard InChI is InChI=1S/C22H20FN3O4/c23-17-4-2-16(3-5-17)20-12-18(24-30-20)22(27)26-9-7-25(8-10-26)13-15-1-6-19-21(11-15)29-14-28-19/h1-6,11-12H,7-10,13-14H2. The summed E-state index contributed by atoms with van der Waals surface area (Å²) in [5.41, 5.74) is 2.09. The van der Waals surface area contributed by atoms with Crippen LogP contribution >= 0.6 is 0 Å². The smallest absolute Gasteiger partial charge is 0.276 e. The number of fused-ring (bicyclic) bond motifs is 1. The average molecular weight is 409 g/mol. The number of carbonyl (C=O) groups is 1. The van der Waals surface area contributed by atoms with Gasteiger partial charge in [0.15, 0.2) is 23.0 Å². The minimum Gasteiger partial charge on any atom is -0.454 e. The average Bonchev–Trinajstić information content (AvgIpc) is 3.44. The highest BCUT2D eigenvalue weighted by Crippen LogP contribution is 2.33. The van der Waals surface area contributed by atoms with Gasteiger partial charge in [-0.3, -0.25) is 9.69 Å². The molecular weight excluding hydrogens is 389 g/mol. The first-order valence-corrected chi connectivity index (χ1v) is 9.78. The van der Waals surface area contributed by atoms with Crippen molar-refractivity contribution in [2.45, 2.75) is 6.54 Å². The number of nitrogens with zero attached hydrogens (tertiary/aromatic N) is 3. The minimum absolute atomic E-state index is 0.158. The lowest BCUT2D eigenvalue weighted by Crippen LogP contribution is -2.48. The zero-order valence-corrected chi connectivity index (χ0v) is 16.2. The predicted molar refractivity (Wildman–Crippen MR) is 106 cm³/mol. The Bertz CT molecular complexity index is 1060. The van der Waals surface area contributed by atoms with Gasteiger partial charge in [-0.15, -0.1) is 0 Å². The molecule has 1 amide bonds. The van der Waals surface area contributed by atoms with E-state index in [-0.39, 0.29) is 24.2 Å². The van der Waals surface area contributed by atoms with Gasteiger partial charge in [0, 0.05) is 44.4 Å². The van der Waals surface area contributed by atoms with E-state index in [9.17, 15) is 9.18 Å². The van der Waals surface area contributed by atoms with Crippen LogP contribution in [0.2, 0.25) is 0 Å². The molecule has 0 bridgehead atoms. The Morgan fingerprint density at radius 3 is 2.53 bits per heavy atom. The quantitative estimate of drug-likeness (QED) is 0.659. The molecule has 0 N–H and O–H groups in total. The number of piperazine rings is 1. The van der Waals surface area contributed by atoms with Crippen LogP contribution in [0.4, 0.5) is 4.39 Å². The number of amides is 1. The maximum atomic E-state index is 13.1. The van der Waals surface area contributed by atoms with Gasteiger partial charge in [-0.05, 0) is 42.0 Å². The Kier molecular flexibility index (Phi) is 4.84.